The minimum atomic E-state index is -0.777. The number of carbonyl (C=O) groups is 1. The molecule has 1 aromatic carbocycles. The van der Waals surface area contributed by atoms with Crippen LogP contribution >= 0.6 is 0 Å². The van der Waals surface area contributed by atoms with E-state index in [9.17, 15) is 4.79 Å². The number of nitrogens with zero attached hydrogens (tertiary/aromatic N) is 3. The predicted molar refractivity (Wildman–Crippen MR) is 77.1 cm³/mol. The molecule has 0 aliphatic carbocycles. The lowest BCUT2D eigenvalue weighted by Crippen LogP contribution is -2.02. The summed E-state index contributed by atoms with van der Waals surface area (Å²) >= 11 is 0. The molecule has 2 heterocycles. The quantitative estimate of drug-likeness (QED) is 0.796. The second-order valence-corrected chi connectivity index (χ2v) is 5.30. The molecule has 0 atom stereocenters. The van der Waals surface area contributed by atoms with Crippen molar-refractivity contribution in [3.8, 4) is 0 Å². The van der Waals surface area contributed by atoms with Crippen molar-refractivity contribution in [1.29, 1.82) is 0 Å². The van der Waals surface area contributed by atoms with E-state index in [-0.39, 0.29) is 6.42 Å². The highest BCUT2D eigenvalue weighted by molar-refractivity contribution is 5.83. The Kier molecular flexibility index (Phi) is 2.78. The van der Waals surface area contributed by atoms with Gasteiger partial charge >= 0.3 is 5.97 Å². The van der Waals surface area contributed by atoms with Gasteiger partial charge in [-0.05, 0) is 37.5 Å². The van der Waals surface area contributed by atoms with Crippen molar-refractivity contribution in [3.63, 3.8) is 0 Å². The predicted octanol–water partition coefficient (Wildman–Crippen LogP) is 2.46. The lowest BCUT2D eigenvalue weighted by molar-refractivity contribution is -0.136. The molecule has 0 fully saturated rings. The smallest absolute Gasteiger partial charge is 0.303 e. The van der Waals surface area contributed by atoms with Gasteiger partial charge in [-0.3, -0.25) is 9.20 Å². The lowest BCUT2D eigenvalue weighted by Gasteiger charge is -2.00. The highest BCUT2D eigenvalue weighted by atomic mass is 16.4. The first kappa shape index (κ1) is 12.7. The van der Waals surface area contributed by atoms with Crippen molar-refractivity contribution >= 4 is 22.8 Å². The number of carboxylic acids is 1. The van der Waals surface area contributed by atoms with Gasteiger partial charge in [0.2, 0.25) is 5.78 Å². The zero-order valence-electron chi connectivity index (χ0n) is 11.8. The molecular formula is C15H17N3O2. The molecule has 0 saturated carbocycles. The molecule has 5 nitrogen and oxygen atoms in total. The zero-order valence-corrected chi connectivity index (χ0v) is 11.8. The minimum Gasteiger partial charge on any atom is -0.481 e. The lowest BCUT2D eigenvalue weighted by atomic mass is 10.1. The average molecular weight is 271 g/mol. The summed E-state index contributed by atoms with van der Waals surface area (Å²) in [5, 5.41) is 8.80. The molecular weight excluding hydrogens is 254 g/mol. The Morgan fingerprint density at radius 2 is 2.10 bits per heavy atom. The molecule has 104 valence electrons. The fourth-order valence-electron chi connectivity index (χ4n) is 2.72. The van der Waals surface area contributed by atoms with Gasteiger partial charge in [-0.15, -0.1) is 0 Å². The van der Waals surface area contributed by atoms with Crippen LogP contribution in [0.25, 0.3) is 16.8 Å². The largest absolute Gasteiger partial charge is 0.481 e. The first-order valence-electron chi connectivity index (χ1n) is 6.63. The number of aliphatic carboxylic acids is 1. The van der Waals surface area contributed by atoms with Gasteiger partial charge in [0.1, 0.15) is 0 Å². The summed E-state index contributed by atoms with van der Waals surface area (Å²) in [6.07, 6.45) is 2.64. The van der Waals surface area contributed by atoms with Crippen LogP contribution in [0.2, 0.25) is 0 Å². The summed E-state index contributed by atoms with van der Waals surface area (Å²) in [6.45, 7) is 4.13. The van der Waals surface area contributed by atoms with Crippen LogP contribution in [0.5, 0.6) is 0 Å². The topological polar surface area (TPSA) is 59.5 Å². The van der Waals surface area contributed by atoms with Crippen LogP contribution in [0, 0.1) is 13.8 Å². The van der Waals surface area contributed by atoms with Crippen LogP contribution in [0.1, 0.15) is 23.2 Å². The highest BCUT2D eigenvalue weighted by Crippen LogP contribution is 2.23. The minimum absolute atomic E-state index is 0.136. The molecule has 0 aliphatic heterocycles. The maximum Gasteiger partial charge on any atom is 0.303 e. The Morgan fingerprint density at radius 3 is 2.80 bits per heavy atom. The third-order valence-electron chi connectivity index (χ3n) is 3.72. The number of aromatic nitrogens is 3. The number of aryl methyl sites for hydroxylation is 4. The third kappa shape index (κ3) is 1.86. The van der Waals surface area contributed by atoms with E-state index >= 15 is 0 Å². The van der Waals surface area contributed by atoms with E-state index in [0.29, 0.717) is 6.42 Å². The molecule has 0 unspecified atom stereocenters. The fraction of sp³-hybridized carbons (Fsp3) is 0.333. The van der Waals surface area contributed by atoms with Crippen LogP contribution in [-0.2, 0) is 18.3 Å². The Bertz CT molecular complexity index is 827. The molecule has 0 saturated heterocycles. The van der Waals surface area contributed by atoms with Crippen molar-refractivity contribution in [1.82, 2.24) is 14.0 Å². The number of hydrogen-bond acceptors (Lipinski definition) is 2. The van der Waals surface area contributed by atoms with Crippen LogP contribution < -0.4 is 0 Å². The van der Waals surface area contributed by atoms with E-state index < -0.39 is 5.97 Å². The van der Waals surface area contributed by atoms with Gasteiger partial charge in [0.05, 0.1) is 17.5 Å². The maximum atomic E-state index is 10.7. The third-order valence-corrected chi connectivity index (χ3v) is 3.72. The molecule has 0 aliphatic rings. The summed E-state index contributed by atoms with van der Waals surface area (Å²) in [5.74, 6) is 0.0782. The van der Waals surface area contributed by atoms with E-state index in [2.05, 4.69) is 31.0 Å². The van der Waals surface area contributed by atoms with Gasteiger partial charge in [0.15, 0.2) is 0 Å². The second kappa shape index (κ2) is 4.37. The molecule has 0 amide bonds. The van der Waals surface area contributed by atoms with Gasteiger partial charge in [0, 0.05) is 18.9 Å². The molecule has 2 aromatic heterocycles. The monoisotopic (exact) mass is 271 g/mol. The van der Waals surface area contributed by atoms with E-state index in [0.717, 1.165) is 28.1 Å². The number of hydrogen-bond donors (Lipinski definition) is 1. The van der Waals surface area contributed by atoms with Crippen molar-refractivity contribution < 1.29 is 9.90 Å². The molecule has 20 heavy (non-hydrogen) atoms. The Morgan fingerprint density at radius 1 is 1.35 bits per heavy atom. The molecule has 0 spiro atoms. The average Bonchev–Trinajstić information content (AvgIpc) is 2.86. The standard InChI is InChI=1S/C15H17N3O2/c1-9-6-10(2)14-12(7-9)18-8-11(4-5-13(19)20)17(3)15(18)16-14/h6-8H,4-5H2,1-3H3,(H,19,20). The molecule has 3 aromatic rings. The van der Waals surface area contributed by atoms with Crippen molar-refractivity contribution in [3.05, 3.63) is 35.2 Å². The van der Waals surface area contributed by atoms with Crippen LogP contribution in [0.4, 0.5) is 0 Å². The van der Waals surface area contributed by atoms with Crippen LogP contribution in [0.15, 0.2) is 18.3 Å². The summed E-state index contributed by atoms with van der Waals surface area (Å²) in [6, 6.07) is 4.24. The number of rotatable bonds is 3. The molecule has 3 rings (SSSR count). The Hall–Kier alpha value is -2.30. The molecule has 0 bridgehead atoms. The van der Waals surface area contributed by atoms with Gasteiger partial charge in [0.25, 0.3) is 0 Å². The Balaban J connectivity index is 2.20. The maximum absolute atomic E-state index is 10.7. The molecule has 0 radical (unpaired) electrons. The second-order valence-electron chi connectivity index (χ2n) is 5.30. The summed E-state index contributed by atoms with van der Waals surface area (Å²) in [7, 11) is 1.93. The zero-order chi connectivity index (χ0) is 14.4. The van der Waals surface area contributed by atoms with E-state index in [1.165, 1.54) is 5.56 Å². The first-order valence-corrected chi connectivity index (χ1v) is 6.63. The SMILES string of the molecule is Cc1cc(C)c2nc3n(C)c(CCC(=O)O)cn3c2c1. The van der Waals surface area contributed by atoms with Gasteiger partial charge in [-0.2, -0.15) is 0 Å². The van der Waals surface area contributed by atoms with Gasteiger partial charge < -0.3 is 9.67 Å². The highest BCUT2D eigenvalue weighted by Gasteiger charge is 2.14. The van der Waals surface area contributed by atoms with Crippen molar-refractivity contribution in [2.45, 2.75) is 26.7 Å². The summed E-state index contributed by atoms with van der Waals surface area (Å²) in [4.78, 5) is 15.4. The number of benzene rings is 1. The van der Waals surface area contributed by atoms with Gasteiger partial charge in [-0.1, -0.05) is 6.07 Å². The molecule has 1 N–H and O–H groups in total. The first-order chi connectivity index (χ1) is 9.47. The van der Waals surface area contributed by atoms with E-state index in [1.54, 1.807) is 0 Å². The Labute approximate surface area is 116 Å². The number of fused-ring (bicyclic) bond motifs is 3. The summed E-state index contributed by atoms with van der Waals surface area (Å²) in [5.41, 5.74) is 5.43. The number of carboxylic acid groups (broad SMARTS) is 1. The van der Waals surface area contributed by atoms with Crippen LogP contribution in [0.3, 0.4) is 0 Å². The van der Waals surface area contributed by atoms with Crippen LogP contribution in [-0.4, -0.2) is 25.0 Å². The van der Waals surface area contributed by atoms with E-state index in [1.807, 2.05) is 22.2 Å². The van der Waals surface area contributed by atoms with Crippen molar-refractivity contribution in [2.24, 2.45) is 7.05 Å². The van der Waals surface area contributed by atoms with Gasteiger partial charge in [-0.25, -0.2) is 4.98 Å². The van der Waals surface area contributed by atoms with Crippen molar-refractivity contribution in [2.75, 3.05) is 0 Å². The van der Waals surface area contributed by atoms with E-state index in [4.69, 9.17) is 5.11 Å². The molecule has 5 heteroatoms. The summed E-state index contributed by atoms with van der Waals surface area (Å²) < 4.78 is 4.02. The number of imidazole rings is 2. The normalized spacial score (nSPS) is 11.6. The fourth-order valence-corrected chi connectivity index (χ4v) is 2.72.